The van der Waals surface area contributed by atoms with Crippen molar-refractivity contribution in [2.24, 2.45) is 0 Å². The molecule has 9 heteroatoms. The zero-order valence-electron chi connectivity index (χ0n) is 14.5. The van der Waals surface area contributed by atoms with Crippen molar-refractivity contribution >= 4 is 27.1 Å². The third-order valence-corrected chi connectivity index (χ3v) is 5.24. The van der Waals surface area contributed by atoms with Crippen LogP contribution in [0.25, 0.3) is 4.96 Å². The molecule has 1 N–H and O–H groups in total. The van der Waals surface area contributed by atoms with Crippen LogP contribution in [0.15, 0.2) is 35.3 Å². The first-order valence-electron chi connectivity index (χ1n) is 8.26. The highest BCUT2D eigenvalue weighted by molar-refractivity contribution is 7.20. The fourth-order valence-electron chi connectivity index (χ4n) is 3.06. The van der Waals surface area contributed by atoms with Crippen molar-refractivity contribution in [2.45, 2.75) is 12.5 Å². The van der Waals surface area contributed by atoms with E-state index in [1.165, 1.54) is 28.1 Å². The van der Waals surface area contributed by atoms with Crippen LogP contribution in [-0.2, 0) is 0 Å². The largest absolute Gasteiger partial charge is 0.497 e. The van der Waals surface area contributed by atoms with Crippen molar-refractivity contribution in [1.29, 1.82) is 0 Å². The van der Waals surface area contributed by atoms with Crippen LogP contribution in [0.4, 0.5) is 10.8 Å². The van der Waals surface area contributed by atoms with Gasteiger partial charge in [0.1, 0.15) is 11.5 Å². The van der Waals surface area contributed by atoms with Crippen molar-refractivity contribution in [3.05, 3.63) is 40.8 Å². The lowest BCUT2D eigenvalue weighted by Gasteiger charge is -2.20. The summed E-state index contributed by atoms with van der Waals surface area (Å²) in [6.07, 6.45) is 2.48. The molecule has 26 heavy (non-hydrogen) atoms. The van der Waals surface area contributed by atoms with E-state index in [1.54, 1.807) is 14.2 Å². The van der Waals surface area contributed by atoms with Gasteiger partial charge in [-0.3, -0.25) is 4.79 Å². The molecule has 0 aliphatic carbocycles. The second-order valence-electron chi connectivity index (χ2n) is 6.03. The van der Waals surface area contributed by atoms with Gasteiger partial charge in [-0.05, 0) is 6.42 Å². The Morgan fingerprint density at radius 1 is 1.23 bits per heavy atom. The Kier molecular flexibility index (Phi) is 4.37. The molecule has 1 aliphatic heterocycles. The van der Waals surface area contributed by atoms with Crippen LogP contribution < -0.4 is 25.2 Å². The van der Waals surface area contributed by atoms with Gasteiger partial charge < -0.3 is 19.7 Å². The highest BCUT2D eigenvalue weighted by Gasteiger charge is 2.24. The van der Waals surface area contributed by atoms with Gasteiger partial charge in [-0.25, -0.2) is 4.98 Å². The summed E-state index contributed by atoms with van der Waals surface area (Å²) in [7, 11) is 3.30. The fraction of sp³-hybridized carbons (Fsp3) is 0.353. The lowest BCUT2D eigenvalue weighted by Crippen LogP contribution is -2.26. The standard InChI is InChI=1S/C17H19N5O3S/c1-24-13-7-12(8-14(9-13)25-2)21-6-4-11(10-21)19-16-20-22-15(23)3-5-18-17(22)26-16/h3,5,7-9,11H,4,6,10H2,1-2H3,(H,19,20). The second-order valence-corrected chi connectivity index (χ2v) is 6.99. The van der Waals surface area contributed by atoms with E-state index in [0.29, 0.717) is 10.1 Å². The summed E-state index contributed by atoms with van der Waals surface area (Å²) >= 11 is 1.38. The summed E-state index contributed by atoms with van der Waals surface area (Å²) in [5, 5.41) is 8.44. The number of benzene rings is 1. The average molecular weight is 373 g/mol. The second kappa shape index (κ2) is 6.83. The summed E-state index contributed by atoms with van der Waals surface area (Å²) in [6, 6.07) is 7.52. The van der Waals surface area contributed by atoms with Gasteiger partial charge in [0.2, 0.25) is 10.1 Å². The number of hydrogen-bond donors (Lipinski definition) is 1. The van der Waals surface area contributed by atoms with Gasteiger partial charge >= 0.3 is 0 Å². The molecular weight excluding hydrogens is 354 g/mol. The molecule has 1 aromatic carbocycles. The number of rotatable bonds is 5. The number of nitrogens with zero attached hydrogens (tertiary/aromatic N) is 4. The van der Waals surface area contributed by atoms with E-state index in [-0.39, 0.29) is 11.6 Å². The normalized spacial score (nSPS) is 16.8. The molecule has 1 unspecified atom stereocenters. The van der Waals surface area contributed by atoms with Gasteiger partial charge in [-0.15, -0.1) is 5.10 Å². The molecule has 0 radical (unpaired) electrons. The van der Waals surface area contributed by atoms with E-state index in [9.17, 15) is 4.79 Å². The van der Waals surface area contributed by atoms with Crippen molar-refractivity contribution in [3.8, 4) is 11.5 Å². The van der Waals surface area contributed by atoms with Gasteiger partial charge in [0.05, 0.1) is 14.2 Å². The van der Waals surface area contributed by atoms with Crippen LogP contribution in [0.3, 0.4) is 0 Å². The van der Waals surface area contributed by atoms with Crippen LogP contribution in [0, 0.1) is 0 Å². The molecule has 0 bridgehead atoms. The minimum absolute atomic E-state index is 0.171. The van der Waals surface area contributed by atoms with Gasteiger partial charge in [-0.1, -0.05) is 11.3 Å². The number of methoxy groups -OCH3 is 2. The van der Waals surface area contributed by atoms with Crippen molar-refractivity contribution < 1.29 is 9.47 Å². The van der Waals surface area contributed by atoms with Gasteiger partial charge in [0, 0.05) is 55.3 Å². The molecule has 2 aromatic heterocycles. The smallest absolute Gasteiger partial charge is 0.275 e. The first-order valence-corrected chi connectivity index (χ1v) is 9.07. The van der Waals surface area contributed by atoms with Crippen LogP contribution >= 0.6 is 11.3 Å². The Morgan fingerprint density at radius 3 is 2.69 bits per heavy atom. The molecule has 1 saturated heterocycles. The minimum atomic E-state index is -0.171. The highest BCUT2D eigenvalue weighted by Crippen LogP contribution is 2.31. The SMILES string of the molecule is COc1cc(OC)cc(N2CCC(Nc3nn4c(=O)ccnc4s3)C2)c1. The quantitative estimate of drug-likeness (QED) is 0.731. The Labute approximate surface area is 154 Å². The third kappa shape index (κ3) is 3.17. The zero-order valence-corrected chi connectivity index (χ0v) is 15.3. The molecule has 136 valence electrons. The lowest BCUT2D eigenvalue weighted by atomic mass is 10.2. The first kappa shape index (κ1) is 16.6. The van der Waals surface area contributed by atoms with E-state index in [1.807, 2.05) is 18.2 Å². The predicted molar refractivity (Wildman–Crippen MR) is 101 cm³/mol. The van der Waals surface area contributed by atoms with E-state index in [4.69, 9.17) is 9.47 Å². The number of fused-ring (bicyclic) bond motifs is 1. The first-order chi connectivity index (χ1) is 12.7. The summed E-state index contributed by atoms with van der Waals surface area (Å²) in [4.78, 5) is 18.8. The maximum Gasteiger partial charge on any atom is 0.275 e. The summed E-state index contributed by atoms with van der Waals surface area (Å²) in [5.41, 5.74) is 0.892. The highest BCUT2D eigenvalue weighted by atomic mass is 32.1. The molecule has 1 fully saturated rings. The Bertz CT molecular complexity index is 964. The van der Waals surface area contributed by atoms with Crippen molar-refractivity contribution in [1.82, 2.24) is 14.6 Å². The number of aromatic nitrogens is 3. The minimum Gasteiger partial charge on any atom is -0.497 e. The third-order valence-electron chi connectivity index (χ3n) is 4.39. The molecule has 1 atom stereocenters. The van der Waals surface area contributed by atoms with E-state index < -0.39 is 0 Å². The topological polar surface area (TPSA) is 81.0 Å². The number of ether oxygens (including phenoxy) is 2. The molecule has 4 rings (SSSR count). The van der Waals surface area contributed by atoms with E-state index in [2.05, 4.69) is 20.3 Å². The van der Waals surface area contributed by atoms with Gasteiger partial charge in [0.15, 0.2) is 0 Å². The maximum absolute atomic E-state index is 11.8. The van der Waals surface area contributed by atoms with Gasteiger partial charge in [0.25, 0.3) is 5.56 Å². The Hall–Kier alpha value is -2.81. The maximum atomic E-state index is 11.8. The van der Waals surface area contributed by atoms with Crippen LogP contribution in [0.5, 0.6) is 11.5 Å². The van der Waals surface area contributed by atoms with E-state index >= 15 is 0 Å². The number of nitrogens with one attached hydrogen (secondary N) is 1. The zero-order chi connectivity index (χ0) is 18.1. The molecule has 0 spiro atoms. The molecule has 8 nitrogen and oxygen atoms in total. The van der Waals surface area contributed by atoms with Crippen molar-refractivity contribution in [2.75, 3.05) is 37.5 Å². The Balaban J connectivity index is 1.49. The van der Waals surface area contributed by atoms with Crippen LogP contribution in [0.2, 0.25) is 0 Å². The molecule has 1 aliphatic rings. The summed E-state index contributed by atoms with van der Waals surface area (Å²) in [5.74, 6) is 1.54. The van der Waals surface area contributed by atoms with Crippen molar-refractivity contribution in [3.63, 3.8) is 0 Å². The number of anilines is 2. The van der Waals surface area contributed by atoms with Crippen LogP contribution in [-0.4, -0.2) is 47.9 Å². The summed E-state index contributed by atoms with van der Waals surface area (Å²) < 4.78 is 12.0. The van der Waals surface area contributed by atoms with Crippen LogP contribution in [0.1, 0.15) is 6.42 Å². The molecule has 0 amide bonds. The van der Waals surface area contributed by atoms with E-state index in [0.717, 1.165) is 36.7 Å². The monoisotopic (exact) mass is 373 g/mol. The molecular formula is C17H19N5O3S. The Morgan fingerprint density at radius 2 is 2.00 bits per heavy atom. The molecule has 3 heterocycles. The molecule has 3 aromatic rings. The molecule has 0 saturated carbocycles. The summed E-state index contributed by atoms with van der Waals surface area (Å²) in [6.45, 7) is 1.74. The average Bonchev–Trinajstić information content (AvgIpc) is 3.29. The predicted octanol–water partition coefficient (Wildman–Crippen LogP) is 1.86. The number of hydrogen-bond acceptors (Lipinski definition) is 8. The fourth-order valence-corrected chi connectivity index (χ4v) is 3.92. The van der Waals surface area contributed by atoms with Gasteiger partial charge in [-0.2, -0.15) is 4.52 Å². The lowest BCUT2D eigenvalue weighted by molar-refractivity contribution is 0.394.